The maximum Gasteiger partial charge on any atom is 0.145 e. The molecule has 1 aromatic rings. The third-order valence-electron chi connectivity index (χ3n) is 3.65. The van der Waals surface area contributed by atoms with Gasteiger partial charge in [0.1, 0.15) is 5.82 Å². The van der Waals surface area contributed by atoms with Gasteiger partial charge in [0.05, 0.1) is 6.04 Å². The zero-order chi connectivity index (χ0) is 10.8. The van der Waals surface area contributed by atoms with Crippen LogP contribution in [0.1, 0.15) is 50.8 Å². The van der Waals surface area contributed by atoms with E-state index in [2.05, 4.69) is 23.6 Å². The Bertz CT molecular complexity index is 330. The van der Waals surface area contributed by atoms with Gasteiger partial charge in [-0.25, -0.2) is 0 Å². The molecular weight excluding hydrogens is 186 g/mol. The van der Waals surface area contributed by atoms with Gasteiger partial charge >= 0.3 is 0 Å². The van der Waals surface area contributed by atoms with Gasteiger partial charge in [-0.05, 0) is 25.7 Å². The number of nitrogens with two attached hydrogens (primary N) is 1. The second-order valence-electron chi connectivity index (χ2n) is 4.68. The number of hydrogen-bond acceptors (Lipinski definition) is 2. The Balaban J connectivity index is 2.23. The monoisotopic (exact) mass is 207 g/mol. The first-order valence-electron chi connectivity index (χ1n) is 6.04. The lowest BCUT2D eigenvalue weighted by atomic mass is 9.83. The van der Waals surface area contributed by atoms with Crippen LogP contribution in [-0.4, -0.2) is 9.78 Å². The van der Waals surface area contributed by atoms with E-state index in [-0.39, 0.29) is 0 Å². The minimum atomic E-state index is 0.584. The van der Waals surface area contributed by atoms with Crippen molar-refractivity contribution in [3.8, 4) is 0 Å². The van der Waals surface area contributed by atoms with E-state index in [1.165, 1.54) is 37.8 Å². The summed E-state index contributed by atoms with van der Waals surface area (Å²) in [5.74, 6) is 1.45. The summed E-state index contributed by atoms with van der Waals surface area (Å²) in [6.07, 6.45) is 6.58. The van der Waals surface area contributed by atoms with Gasteiger partial charge < -0.3 is 5.73 Å². The third-order valence-corrected chi connectivity index (χ3v) is 3.65. The van der Waals surface area contributed by atoms with Crippen molar-refractivity contribution in [2.24, 2.45) is 5.92 Å². The molecule has 0 spiro atoms. The fraction of sp³-hybridized carbons (Fsp3) is 0.750. The molecule has 1 aromatic heterocycles. The molecule has 0 bridgehead atoms. The molecular formula is C12H21N3. The molecule has 2 atom stereocenters. The Morgan fingerprint density at radius 3 is 2.80 bits per heavy atom. The molecule has 0 radical (unpaired) electrons. The lowest BCUT2D eigenvalue weighted by molar-refractivity contribution is 0.215. The lowest BCUT2D eigenvalue weighted by Gasteiger charge is -2.31. The van der Waals surface area contributed by atoms with Crippen molar-refractivity contribution in [3.05, 3.63) is 11.8 Å². The lowest BCUT2D eigenvalue weighted by Crippen LogP contribution is -2.24. The topological polar surface area (TPSA) is 43.8 Å². The minimum absolute atomic E-state index is 0.584. The first kappa shape index (κ1) is 10.5. The van der Waals surface area contributed by atoms with Crippen LogP contribution in [0.3, 0.4) is 0 Å². The van der Waals surface area contributed by atoms with Gasteiger partial charge in [0, 0.05) is 11.8 Å². The molecule has 3 heteroatoms. The van der Waals surface area contributed by atoms with Crippen molar-refractivity contribution >= 4 is 5.82 Å². The Labute approximate surface area is 91.7 Å². The molecule has 84 valence electrons. The molecule has 2 unspecified atom stereocenters. The van der Waals surface area contributed by atoms with E-state index in [1.807, 2.05) is 6.07 Å². The summed E-state index contributed by atoms with van der Waals surface area (Å²) >= 11 is 0. The number of nitrogens with zero attached hydrogens (tertiary/aromatic N) is 2. The maximum atomic E-state index is 5.74. The smallest absolute Gasteiger partial charge is 0.145 e. The van der Waals surface area contributed by atoms with Crippen molar-refractivity contribution in [1.82, 2.24) is 9.78 Å². The molecule has 2 rings (SSSR count). The van der Waals surface area contributed by atoms with E-state index in [9.17, 15) is 0 Å². The molecule has 3 nitrogen and oxygen atoms in total. The van der Waals surface area contributed by atoms with Gasteiger partial charge in [-0.3, -0.25) is 4.68 Å². The number of hydrogen-bond donors (Lipinski definition) is 1. The summed E-state index contributed by atoms with van der Waals surface area (Å²) in [4.78, 5) is 0. The molecule has 0 aromatic carbocycles. The van der Waals surface area contributed by atoms with Crippen LogP contribution in [-0.2, 0) is 0 Å². The van der Waals surface area contributed by atoms with E-state index < -0.39 is 0 Å². The van der Waals surface area contributed by atoms with Gasteiger partial charge in [-0.15, -0.1) is 0 Å². The molecule has 1 fully saturated rings. The van der Waals surface area contributed by atoms with Crippen LogP contribution in [0.5, 0.6) is 0 Å². The van der Waals surface area contributed by atoms with Crippen LogP contribution < -0.4 is 5.73 Å². The van der Waals surface area contributed by atoms with E-state index in [4.69, 9.17) is 5.73 Å². The van der Waals surface area contributed by atoms with E-state index in [1.54, 1.807) is 0 Å². The SMILES string of the molecule is CCC1CCCCC1n1nc(N)cc1C. The maximum absolute atomic E-state index is 5.74. The zero-order valence-electron chi connectivity index (χ0n) is 9.74. The highest BCUT2D eigenvalue weighted by molar-refractivity contribution is 5.29. The normalized spacial score (nSPS) is 26.8. The van der Waals surface area contributed by atoms with Gasteiger partial charge in [0.15, 0.2) is 0 Å². The highest BCUT2D eigenvalue weighted by Crippen LogP contribution is 2.36. The zero-order valence-corrected chi connectivity index (χ0v) is 9.74. The molecule has 1 heterocycles. The Hall–Kier alpha value is -0.990. The van der Waals surface area contributed by atoms with Crippen LogP contribution in [0.15, 0.2) is 6.07 Å². The summed E-state index contributed by atoms with van der Waals surface area (Å²) in [6, 6.07) is 2.56. The average Bonchev–Trinajstić information content (AvgIpc) is 2.57. The molecule has 1 aliphatic rings. The number of aryl methyl sites for hydroxylation is 1. The first-order valence-corrected chi connectivity index (χ1v) is 6.04. The standard InChI is InChI=1S/C12H21N3/c1-3-10-6-4-5-7-11(10)15-9(2)8-12(13)14-15/h8,10-11H,3-7H2,1-2H3,(H2,13,14). The van der Waals surface area contributed by atoms with Crippen molar-refractivity contribution < 1.29 is 0 Å². The quantitative estimate of drug-likeness (QED) is 0.810. The fourth-order valence-corrected chi connectivity index (χ4v) is 2.83. The molecule has 1 aliphatic carbocycles. The second-order valence-corrected chi connectivity index (χ2v) is 4.68. The van der Waals surface area contributed by atoms with Crippen LogP contribution in [0, 0.1) is 12.8 Å². The van der Waals surface area contributed by atoms with Crippen LogP contribution in [0.25, 0.3) is 0 Å². The fourth-order valence-electron chi connectivity index (χ4n) is 2.83. The highest BCUT2D eigenvalue weighted by atomic mass is 15.3. The number of rotatable bonds is 2. The van der Waals surface area contributed by atoms with Crippen molar-refractivity contribution in [2.75, 3.05) is 5.73 Å². The van der Waals surface area contributed by atoms with Crippen LogP contribution in [0.4, 0.5) is 5.82 Å². The molecule has 2 N–H and O–H groups in total. The van der Waals surface area contributed by atoms with E-state index in [0.717, 1.165) is 5.92 Å². The Morgan fingerprint density at radius 1 is 1.47 bits per heavy atom. The number of anilines is 1. The minimum Gasteiger partial charge on any atom is -0.382 e. The summed E-state index contributed by atoms with van der Waals surface area (Å²) in [7, 11) is 0. The largest absolute Gasteiger partial charge is 0.382 e. The molecule has 15 heavy (non-hydrogen) atoms. The average molecular weight is 207 g/mol. The van der Waals surface area contributed by atoms with Gasteiger partial charge in [-0.2, -0.15) is 5.10 Å². The molecule has 1 saturated carbocycles. The second kappa shape index (κ2) is 4.25. The van der Waals surface area contributed by atoms with Gasteiger partial charge in [-0.1, -0.05) is 26.2 Å². The number of aromatic nitrogens is 2. The van der Waals surface area contributed by atoms with Gasteiger partial charge in [0.25, 0.3) is 0 Å². The van der Waals surface area contributed by atoms with E-state index >= 15 is 0 Å². The number of nitrogen functional groups attached to an aromatic ring is 1. The predicted octanol–water partition coefficient (Wildman–Crippen LogP) is 2.92. The van der Waals surface area contributed by atoms with E-state index in [0.29, 0.717) is 11.9 Å². The third kappa shape index (κ3) is 2.01. The molecule has 0 amide bonds. The van der Waals surface area contributed by atoms with Gasteiger partial charge in [0.2, 0.25) is 0 Å². The first-order chi connectivity index (χ1) is 7.22. The van der Waals surface area contributed by atoms with Crippen molar-refractivity contribution in [3.63, 3.8) is 0 Å². The van der Waals surface area contributed by atoms with Crippen molar-refractivity contribution in [1.29, 1.82) is 0 Å². The van der Waals surface area contributed by atoms with Crippen molar-refractivity contribution in [2.45, 2.75) is 52.0 Å². The highest BCUT2D eigenvalue weighted by Gasteiger charge is 2.26. The Kier molecular flexibility index (Phi) is 2.98. The van der Waals surface area contributed by atoms with Crippen LogP contribution >= 0.6 is 0 Å². The Morgan fingerprint density at radius 2 is 2.20 bits per heavy atom. The summed E-state index contributed by atoms with van der Waals surface area (Å²) in [6.45, 7) is 4.38. The molecule has 0 aliphatic heterocycles. The summed E-state index contributed by atoms with van der Waals surface area (Å²) in [5.41, 5.74) is 6.95. The summed E-state index contributed by atoms with van der Waals surface area (Å²) < 4.78 is 2.16. The molecule has 0 saturated heterocycles. The summed E-state index contributed by atoms with van der Waals surface area (Å²) in [5, 5.41) is 4.43. The predicted molar refractivity (Wildman–Crippen MR) is 62.7 cm³/mol. The van der Waals surface area contributed by atoms with Crippen LogP contribution in [0.2, 0.25) is 0 Å².